The number of fused-ring (bicyclic) bond motifs is 1. The highest BCUT2D eigenvalue weighted by atomic mass is 19.1. The number of halogens is 1. The van der Waals surface area contributed by atoms with Gasteiger partial charge in [0, 0.05) is 19.6 Å². The molecule has 1 unspecified atom stereocenters. The van der Waals surface area contributed by atoms with Crippen LogP contribution in [0.4, 0.5) is 10.2 Å². The van der Waals surface area contributed by atoms with Crippen LogP contribution in [0.5, 0.6) is 0 Å². The minimum Gasteiger partial charge on any atom is -0.355 e. The zero-order chi connectivity index (χ0) is 19.5. The van der Waals surface area contributed by atoms with E-state index in [-0.39, 0.29) is 17.6 Å². The number of nitrogens with one attached hydrogen (secondary N) is 1. The van der Waals surface area contributed by atoms with E-state index in [2.05, 4.69) is 25.5 Å². The molecule has 0 radical (unpaired) electrons. The van der Waals surface area contributed by atoms with Crippen LogP contribution in [0.25, 0.3) is 5.65 Å². The lowest BCUT2D eigenvalue weighted by atomic mass is 9.97. The Morgan fingerprint density at radius 1 is 1.21 bits per heavy atom. The summed E-state index contributed by atoms with van der Waals surface area (Å²) in [5, 5.41) is 15.7. The van der Waals surface area contributed by atoms with E-state index in [0.717, 1.165) is 36.6 Å². The van der Waals surface area contributed by atoms with Gasteiger partial charge in [0.25, 0.3) is 0 Å². The molecule has 1 amide bonds. The van der Waals surface area contributed by atoms with Gasteiger partial charge >= 0.3 is 0 Å². The van der Waals surface area contributed by atoms with Gasteiger partial charge in [-0.1, -0.05) is 12.1 Å². The van der Waals surface area contributed by atoms with E-state index in [1.807, 2.05) is 19.1 Å². The van der Waals surface area contributed by atoms with Crippen LogP contribution < -0.4 is 10.2 Å². The molecule has 1 aliphatic heterocycles. The number of carbonyl (C=O) groups is 1. The second-order valence-electron chi connectivity index (χ2n) is 7.16. The van der Waals surface area contributed by atoms with Gasteiger partial charge in [0.15, 0.2) is 11.5 Å². The average Bonchev–Trinajstić information content (AvgIpc) is 3.10. The molecule has 1 atom stereocenters. The summed E-state index contributed by atoms with van der Waals surface area (Å²) in [6, 6.07) is 10.2. The number of carbonyl (C=O) groups excluding carboxylic acids is 1. The van der Waals surface area contributed by atoms with E-state index in [4.69, 9.17) is 0 Å². The average molecular weight is 382 g/mol. The van der Waals surface area contributed by atoms with Crippen LogP contribution in [0, 0.1) is 18.7 Å². The summed E-state index contributed by atoms with van der Waals surface area (Å²) < 4.78 is 14.7. The predicted octanol–water partition coefficient (Wildman–Crippen LogP) is 2.15. The van der Waals surface area contributed by atoms with Crippen molar-refractivity contribution in [1.29, 1.82) is 0 Å². The first-order valence-electron chi connectivity index (χ1n) is 9.56. The minimum atomic E-state index is -0.247. The van der Waals surface area contributed by atoms with Crippen molar-refractivity contribution in [2.45, 2.75) is 26.2 Å². The molecular weight excluding hydrogens is 359 g/mol. The van der Waals surface area contributed by atoms with Crippen molar-refractivity contribution in [1.82, 2.24) is 25.1 Å². The first-order chi connectivity index (χ1) is 13.6. The number of nitrogens with zero attached hydrogens (tertiary/aromatic N) is 5. The molecule has 2 aromatic heterocycles. The molecule has 8 heteroatoms. The summed E-state index contributed by atoms with van der Waals surface area (Å²) in [4.78, 5) is 14.7. The van der Waals surface area contributed by atoms with E-state index in [1.165, 1.54) is 12.1 Å². The van der Waals surface area contributed by atoms with Gasteiger partial charge in [-0.15, -0.1) is 15.3 Å². The molecule has 0 bridgehead atoms. The topological polar surface area (TPSA) is 75.4 Å². The number of amides is 1. The number of hydrogen-bond acceptors (Lipinski definition) is 5. The van der Waals surface area contributed by atoms with Crippen LogP contribution in [0.3, 0.4) is 0 Å². The van der Waals surface area contributed by atoms with Crippen LogP contribution in [0.1, 0.15) is 24.2 Å². The van der Waals surface area contributed by atoms with Gasteiger partial charge in [-0.05, 0) is 56.0 Å². The van der Waals surface area contributed by atoms with Crippen LogP contribution in [0.15, 0.2) is 36.4 Å². The lowest BCUT2D eigenvalue weighted by Gasteiger charge is -2.32. The molecular formula is C20H23FN6O. The molecule has 3 heterocycles. The van der Waals surface area contributed by atoms with Crippen LogP contribution in [-0.2, 0) is 11.2 Å². The number of piperidine rings is 1. The Balaban J connectivity index is 1.35. The summed E-state index contributed by atoms with van der Waals surface area (Å²) in [5.74, 6) is 1.32. The molecule has 0 saturated carbocycles. The predicted molar refractivity (Wildman–Crippen MR) is 104 cm³/mol. The van der Waals surface area contributed by atoms with E-state index >= 15 is 0 Å². The molecule has 1 N–H and O–H groups in total. The van der Waals surface area contributed by atoms with Gasteiger partial charge in [0.1, 0.15) is 11.6 Å². The summed E-state index contributed by atoms with van der Waals surface area (Å²) in [5.41, 5.74) is 1.72. The van der Waals surface area contributed by atoms with Gasteiger partial charge in [-0.3, -0.25) is 4.79 Å². The number of rotatable bonds is 5. The Morgan fingerprint density at radius 2 is 2.04 bits per heavy atom. The Hall–Kier alpha value is -3.03. The Kier molecular flexibility index (Phi) is 5.18. The Bertz CT molecular complexity index is 970. The van der Waals surface area contributed by atoms with Gasteiger partial charge in [0.05, 0.1) is 5.92 Å². The molecule has 1 aliphatic rings. The molecule has 0 aliphatic carbocycles. The molecule has 3 aromatic rings. The van der Waals surface area contributed by atoms with Crippen molar-refractivity contribution in [3.63, 3.8) is 0 Å². The van der Waals surface area contributed by atoms with Gasteiger partial charge in [-0.25, -0.2) is 4.39 Å². The Morgan fingerprint density at radius 3 is 2.86 bits per heavy atom. The van der Waals surface area contributed by atoms with E-state index in [0.29, 0.717) is 25.2 Å². The van der Waals surface area contributed by atoms with Crippen molar-refractivity contribution in [2.75, 3.05) is 24.5 Å². The largest absolute Gasteiger partial charge is 0.355 e. The second kappa shape index (κ2) is 7.92. The highest BCUT2D eigenvalue weighted by Crippen LogP contribution is 2.22. The van der Waals surface area contributed by atoms with Crippen LogP contribution >= 0.6 is 0 Å². The first kappa shape index (κ1) is 18.3. The van der Waals surface area contributed by atoms with E-state index < -0.39 is 0 Å². The molecule has 1 saturated heterocycles. The highest BCUT2D eigenvalue weighted by Gasteiger charge is 2.26. The van der Waals surface area contributed by atoms with E-state index in [1.54, 1.807) is 16.6 Å². The van der Waals surface area contributed by atoms with E-state index in [9.17, 15) is 9.18 Å². The molecule has 0 spiro atoms. The summed E-state index contributed by atoms with van der Waals surface area (Å²) in [6.45, 7) is 3.93. The summed E-state index contributed by atoms with van der Waals surface area (Å²) in [6.07, 6.45) is 2.50. The first-order valence-corrected chi connectivity index (χ1v) is 9.56. The third kappa shape index (κ3) is 3.95. The zero-order valence-corrected chi connectivity index (χ0v) is 15.8. The molecule has 7 nitrogen and oxygen atoms in total. The maximum atomic E-state index is 13.0. The quantitative estimate of drug-likeness (QED) is 0.732. The van der Waals surface area contributed by atoms with Crippen molar-refractivity contribution in [3.8, 4) is 0 Å². The smallest absolute Gasteiger partial charge is 0.224 e. The fourth-order valence-corrected chi connectivity index (χ4v) is 3.58. The van der Waals surface area contributed by atoms with Crippen LogP contribution in [-0.4, -0.2) is 45.4 Å². The second-order valence-corrected chi connectivity index (χ2v) is 7.16. The molecule has 28 heavy (non-hydrogen) atoms. The lowest BCUT2D eigenvalue weighted by Crippen LogP contribution is -2.44. The maximum absolute atomic E-state index is 13.0. The molecule has 1 aromatic carbocycles. The van der Waals surface area contributed by atoms with Gasteiger partial charge in [0.2, 0.25) is 5.91 Å². The molecule has 4 rings (SSSR count). The maximum Gasteiger partial charge on any atom is 0.224 e. The summed E-state index contributed by atoms with van der Waals surface area (Å²) in [7, 11) is 0. The van der Waals surface area contributed by atoms with Gasteiger partial charge in [-0.2, -0.15) is 4.52 Å². The Labute approximate surface area is 162 Å². The monoisotopic (exact) mass is 382 g/mol. The summed E-state index contributed by atoms with van der Waals surface area (Å²) >= 11 is 0. The number of aromatic nitrogens is 4. The number of hydrogen-bond donors (Lipinski definition) is 1. The fourth-order valence-electron chi connectivity index (χ4n) is 3.58. The third-order valence-electron chi connectivity index (χ3n) is 5.15. The highest BCUT2D eigenvalue weighted by molar-refractivity contribution is 5.79. The standard InChI is InChI=1S/C20H23FN6O/c1-14-23-24-18-8-9-19(25-27(14)18)26-12-2-3-16(13-26)20(28)22-11-10-15-4-6-17(21)7-5-15/h4-9,16H,2-3,10-13H2,1H3,(H,22,28). The SMILES string of the molecule is Cc1nnc2ccc(N3CCCC(C(=O)NCCc4ccc(F)cc4)C3)nn12. The zero-order valence-electron chi connectivity index (χ0n) is 15.8. The number of benzene rings is 1. The minimum absolute atomic E-state index is 0.0633. The van der Waals surface area contributed by atoms with Gasteiger partial charge < -0.3 is 10.2 Å². The van der Waals surface area contributed by atoms with Crippen molar-refractivity contribution in [3.05, 3.63) is 53.6 Å². The van der Waals surface area contributed by atoms with Crippen LogP contribution in [0.2, 0.25) is 0 Å². The molecule has 1 fully saturated rings. The van der Waals surface area contributed by atoms with Crippen molar-refractivity contribution >= 4 is 17.4 Å². The number of aryl methyl sites for hydroxylation is 1. The lowest BCUT2D eigenvalue weighted by molar-refractivity contribution is -0.125. The van der Waals surface area contributed by atoms with Crippen molar-refractivity contribution < 1.29 is 9.18 Å². The third-order valence-corrected chi connectivity index (χ3v) is 5.15. The number of anilines is 1. The normalized spacial score (nSPS) is 17.1. The fraction of sp³-hybridized carbons (Fsp3) is 0.400. The molecule has 146 valence electrons. The van der Waals surface area contributed by atoms with Crippen molar-refractivity contribution in [2.24, 2.45) is 5.92 Å².